The Balaban J connectivity index is 1.54. The van der Waals surface area contributed by atoms with E-state index in [1.807, 2.05) is 6.20 Å². The molecule has 5 nitrogen and oxygen atoms in total. The Morgan fingerprint density at radius 2 is 1.87 bits per heavy atom. The Morgan fingerprint density at radius 3 is 2.55 bits per heavy atom. The average molecular weight is 450 g/mol. The number of hydrogen-bond acceptors (Lipinski definition) is 4. The van der Waals surface area contributed by atoms with E-state index in [1.54, 1.807) is 0 Å². The molecule has 0 spiro atoms. The smallest absolute Gasteiger partial charge is 0.139 e. The number of ether oxygens (including phenoxy) is 2. The molecule has 0 aromatic carbocycles. The molecule has 3 atom stereocenters. The van der Waals surface area contributed by atoms with Crippen LogP contribution in [0.2, 0.25) is 25.7 Å². The molecule has 1 N–H and O–H groups in total. The number of piperidine rings is 1. The molecule has 6 heteroatoms. The van der Waals surface area contributed by atoms with E-state index in [0.29, 0.717) is 30.8 Å². The normalized spacial score (nSPS) is 30.1. The summed E-state index contributed by atoms with van der Waals surface area (Å²) in [7, 11) is -1.06. The molecule has 1 aliphatic carbocycles. The van der Waals surface area contributed by atoms with Crippen molar-refractivity contribution in [1.29, 1.82) is 0 Å². The molecule has 1 saturated carbocycles. The number of aromatic nitrogens is 2. The molecule has 1 aromatic heterocycles. The van der Waals surface area contributed by atoms with Crippen LogP contribution in [-0.4, -0.2) is 49.3 Å². The van der Waals surface area contributed by atoms with Crippen LogP contribution >= 0.6 is 0 Å². The van der Waals surface area contributed by atoms with Gasteiger partial charge in [-0.25, -0.2) is 4.68 Å². The van der Waals surface area contributed by atoms with E-state index < -0.39 is 8.07 Å². The van der Waals surface area contributed by atoms with Crippen LogP contribution in [0.3, 0.4) is 0 Å². The van der Waals surface area contributed by atoms with Crippen LogP contribution in [-0.2, 0) is 16.2 Å². The highest BCUT2D eigenvalue weighted by atomic mass is 28.3. The molecular weight excluding hydrogens is 402 g/mol. The lowest BCUT2D eigenvalue weighted by molar-refractivity contribution is -0.00711. The zero-order chi connectivity index (χ0) is 22.4. The SMILES string of the molecule is CC1CCC(c2ccnn2COCC[Si](C)(C)C)C(COC2CCC(C(C)C)CC2)N1. The first-order valence-electron chi connectivity index (χ1n) is 12.7. The summed E-state index contributed by atoms with van der Waals surface area (Å²) in [5.41, 5.74) is 1.30. The number of nitrogens with zero attached hydrogens (tertiary/aromatic N) is 2. The first-order chi connectivity index (χ1) is 14.7. The number of nitrogens with one attached hydrogen (secondary N) is 1. The Bertz CT molecular complexity index is 649. The Labute approximate surface area is 191 Å². The van der Waals surface area contributed by atoms with Crippen LogP contribution in [0.4, 0.5) is 0 Å². The van der Waals surface area contributed by atoms with Gasteiger partial charge in [0.1, 0.15) is 6.73 Å². The van der Waals surface area contributed by atoms with Gasteiger partial charge in [-0.2, -0.15) is 5.10 Å². The summed E-state index contributed by atoms with van der Waals surface area (Å²) >= 11 is 0. The first kappa shape index (κ1) is 24.9. The van der Waals surface area contributed by atoms with E-state index in [1.165, 1.54) is 50.3 Å². The van der Waals surface area contributed by atoms with Gasteiger partial charge < -0.3 is 14.8 Å². The van der Waals surface area contributed by atoms with Crippen LogP contribution in [0.25, 0.3) is 0 Å². The van der Waals surface area contributed by atoms with Gasteiger partial charge in [-0.15, -0.1) is 0 Å². The highest BCUT2D eigenvalue weighted by Crippen LogP contribution is 2.33. The molecule has 3 unspecified atom stereocenters. The van der Waals surface area contributed by atoms with Crippen molar-refractivity contribution in [2.24, 2.45) is 11.8 Å². The summed E-state index contributed by atoms with van der Waals surface area (Å²) in [4.78, 5) is 0. The van der Waals surface area contributed by atoms with Gasteiger partial charge in [0.15, 0.2) is 0 Å². The molecule has 0 amide bonds. The van der Waals surface area contributed by atoms with Crippen LogP contribution in [0.1, 0.15) is 70.9 Å². The molecule has 2 aliphatic rings. The maximum Gasteiger partial charge on any atom is 0.139 e. The zero-order valence-electron chi connectivity index (χ0n) is 20.9. The molecule has 1 aromatic rings. The monoisotopic (exact) mass is 449 g/mol. The van der Waals surface area contributed by atoms with E-state index in [9.17, 15) is 0 Å². The minimum Gasteiger partial charge on any atom is -0.377 e. The van der Waals surface area contributed by atoms with Crippen LogP contribution in [0.5, 0.6) is 0 Å². The van der Waals surface area contributed by atoms with E-state index in [4.69, 9.17) is 9.47 Å². The minimum atomic E-state index is -1.06. The molecule has 0 bridgehead atoms. The molecule has 1 saturated heterocycles. The molecule has 1 aliphatic heterocycles. The summed E-state index contributed by atoms with van der Waals surface area (Å²) in [6.45, 7) is 16.4. The first-order valence-corrected chi connectivity index (χ1v) is 16.4. The Kier molecular flexibility index (Phi) is 9.20. The van der Waals surface area contributed by atoms with Crippen LogP contribution < -0.4 is 5.32 Å². The maximum atomic E-state index is 6.48. The van der Waals surface area contributed by atoms with Crippen molar-refractivity contribution in [3.05, 3.63) is 18.0 Å². The van der Waals surface area contributed by atoms with Gasteiger partial charge in [0.25, 0.3) is 0 Å². The van der Waals surface area contributed by atoms with E-state index in [0.717, 1.165) is 25.0 Å². The van der Waals surface area contributed by atoms with E-state index >= 15 is 0 Å². The maximum absolute atomic E-state index is 6.48. The van der Waals surface area contributed by atoms with Gasteiger partial charge >= 0.3 is 0 Å². The Morgan fingerprint density at radius 1 is 1.13 bits per heavy atom. The van der Waals surface area contributed by atoms with E-state index in [2.05, 4.69) is 61.6 Å². The largest absolute Gasteiger partial charge is 0.377 e. The fourth-order valence-electron chi connectivity index (χ4n) is 5.17. The van der Waals surface area contributed by atoms with Crippen molar-refractivity contribution in [2.75, 3.05) is 13.2 Å². The third-order valence-corrected chi connectivity index (χ3v) is 9.11. The van der Waals surface area contributed by atoms with Gasteiger partial charge in [0, 0.05) is 44.6 Å². The van der Waals surface area contributed by atoms with Crippen LogP contribution in [0, 0.1) is 11.8 Å². The summed E-state index contributed by atoms with van der Waals surface area (Å²) in [5.74, 6) is 2.13. The van der Waals surface area contributed by atoms with Gasteiger partial charge in [-0.1, -0.05) is 33.5 Å². The second-order valence-electron chi connectivity index (χ2n) is 11.6. The lowest BCUT2D eigenvalue weighted by Gasteiger charge is -2.38. The van der Waals surface area contributed by atoms with Gasteiger partial charge in [0.05, 0.1) is 12.7 Å². The van der Waals surface area contributed by atoms with Crippen molar-refractivity contribution in [1.82, 2.24) is 15.1 Å². The summed E-state index contributed by atoms with van der Waals surface area (Å²) < 4.78 is 14.6. The molecular formula is C25H47N3O2Si. The average Bonchev–Trinajstić information content (AvgIpc) is 3.17. The topological polar surface area (TPSA) is 48.3 Å². The molecule has 3 rings (SSSR count). The van der Waals surface area contributed by atoms with Crippen molar-refractivity contribution in [2.45, 2.75) is 116 Å². The lowest BCUT2D eigenvalue weighted by Crippen LogP contribution is -2.49. The lowest BCUT2D eigenvalue weighted by atomic mass is 9.80. The van der Waals surface area contributed by atoms with Crippen molar-refractivity contribution >= 4 is 8.07 Å². The highest BCUT2D eigenvalue weighted by Gasteiger charge is 2.33. The summed E-state index contributed by atoms with van der Waals surface area (Å²) in [6, 6.07) is 4.28. The summed E-state index contributed by atoms with van der Waals surface area (Å²) in [5, 5.41) is 8.42. The third-order valence-electron chi connectivity index (χ3n) is 7.41. The predicted molar refractivity (Wildman–Crippen MR) is 131 cm³/mol. The van der Waals surface area contributed by atoms with Gasteiger partial charge in [0.2, 0.25) is 0 Å². The predicted octanol–water partition coefficient (Wildman–Crippen LogP) is 5.65. The third kappa shape index (κ3) is 7.69. The summed E-state index contributed by atoms with van der Waals surface area (Å²) in [6.07, 6.45) is 9.83. The Hall–Kier alpha value is -0.693. The molecule has 0 radical (unpaired) electrons. The van der Waals surface area contributed by atoms with Crippen LogP contribution in [0.15, 0.2) is 12.3 Å². The fraction of sp³-hybridized carbons (Fsp3) is 0.880. The molecule has 178 valence electrons. The quantitative estimate of drug-likeness (QED) is 0.370. The standard InChI is InChI=1S/C25H47N3O2Si/c1-19(2)21-8-10-22(11-9-21)30-17-24-23(12-7-20(3)27-24)25-13-14-26-28(25)18-29-15-16-31(4,5)6/h13-14,19-24,27H,7-12,15-18H2,1-6H3. The minimum absolute atomic E-state index is 0.351. The second kappa shape index (κ2) is 11.4. The zero-order valence-corrected chi connectivity index (χ0v) is 21.9. The van der Waals surface area contributed by atoms with Crippen molar-refractivity contribution in [3.63, 3.8) is 0 Å². The second-order valence-corrected chi connectivity index (χ2v) is 17.2. The molecule has 2 heterocycles. The van der Waals surface area contributed by atoms with E-state index in [-0.39, 0.29) is 0 Å². The van der Waals surface area contributed by atoms with Crippen molar-refractivity contribution in [3.8, 4) is 0 Å². The fourth-order valence-corrected chi connectivity index (χ4v) is 5.93. The van der Waals surface area contributed by atoms with Gasteiger partial charge in [-0.05, 0) is 69.4 Å². The number of rotatable bonds is 10. The van der Waals surface area contributed by atoms with Gasteiger partial charge in [-0.3, -0.25) is 0 Å². The molecule has 2 fully saturated rings. The van der Waals surface area contributed by atoms with Crippen molar-refractivity contribution < 1.29 is 9.47 Å². The highest BCUT2D eigenvalue weighted by molar-refractivity contribution is 6.76. The molecule has 31 heavy (non-hydrogen) atoms. The number of hydrogen-bond donors (Lipinski definition) is 1.